The van der Waals surface area contributed by atoms with Crippen LogP contribution in [0.4, 0.5) is 5.95 Å². The number of benzene rings is 1. The summed E-state index contributed by atoms with van der Waals surface area (Å²) in [5.74, 6) is 0.381. The van der Waals surface area contributed by atoms with Crippen molar-refractivity contribution in [3.8, 4) is 11.4 Å². The molecule has 0 radical (unpaired) electrons. The van der Waals surface area contributed by atoms with Gasteiger partial charge in [-0.3, -0.25) is 9.69 Å². The van der Waals surface area contributed by atoms with Crippen LogP contribution in [0.1, 0.15) is 16.2 Å². The molecule has 0 saturated carbocycles. The Labute approximate surface area is 149 Å². The van der Waals surface area contributed by atoms with E-state index in [1.54, 1.807) is 38.2 Å². The van der Waals surface area contributed by atoms with Crippen LogP contribution < -0.4 is 9.64 Å². The highest BCUT2D eigenvalue weighted by Crippen LogP contribution is 2.17. The van der Waals surface area contributed by atoms with Gasteiger partial charge in [0.15, 0.2) is 11.4 Å². The first kappa shape index (κ1) is 16.8. The summed E-state index contributed by atoms with van der Waals surface area (Å²) in [5.41, 5.74) is 1.37. The molecule has 0 unspecified atom stereocenters. The Balaban J connectivity index is 1.89. The van der Waals surface area contributed by atoms with Crippen molar-refractivity contribution in [1.82, 2.24) is 25.0 Å². The van der Waals surface area contributed by atoms with Gasteiger partial charge in [-0.25, -0.2) is 9.97 Å². The van der Waals surface area contributed by atoms with Crippen LogP contribution in [0.3, 0.4) is 0 Å². The monoisotopic (exact) mass is 358 g/mol. The maximum atomic E-state index is 12.7. The summed E-state index contributed by atoms with van der Waals surface area (Å²) < 4.78 is 5.01. The molecule has 2 heterocycles. The lowest BCUT2D eigenvalue weighted by Crippen LogP contribution is -2.29. The minimum absolute atomic E-state index is 0.210. The third-order valence-electron chi connectivity index (χ3n) is 3.48. The second kappa shape index (κ2) is 6.86. The highest BCUT2D eigenvalue weighted by molar-refractivity contribution is 6.30. The molecule has 0 spiro atoms. The molecule has 0 saturated heterocycles. The average Bonchev–Trinajstić information content (AvgIpc) is 3.02. The second-order valence-corrected chi connectivity index (χ2v) is 5.63. The summed E-state index contributed by atoms with van der Waals surface area (Å²) in [4.78, 5) is 23.6. The molecular formula is C16H15ClN6O2. The predicted molar refractivity (Wildman–Crippen MR) is 92.4 cm³/mol. The van der Waals surface area contributed by atoms with Gasteiger partial charge >= 0.3 is 0 Å². The standard InChI is InChI=1S/C16H15ClN6O2/c1-10-14(21-23(20-10)12-6-4-5-11(17)7-12)15(24)22(2)16-18-8-13(25-3)9-19-16/h4-9H,1-3H3. The Bertz CT molecular complexity index is 909. The van der Waals surface area contributed by atoms with E-state index in [9.17, 15) is 4.79 Å². The van der Waals surface area contributed by atoms with E-state index in [0.29, 0.717) is 22.2 Å². The molecule has 3 aromatic rings. The first-order valence-corrected chi connectivity index (χ1v) is 7.71. The van der Waals surface area contributed by atoms with Crippen molar-refractivity contribution in [2.24, 2.45) is 0 Å². The number of carbonyl (C=O) groups excluding carboxylic acids is 1. The molecule has 0 atom stereocenters. The van der Waals surface area contributed by atoms with Crippen molar-refractivity contribution in [2.75, 3.05) is 19.1 Å². The van der Waals surface area contributed by atoms with Crippen LogP contribution in [0.15, 0.2) is 36.7 Å². The number of amides is 1. The number of hydrogen-bond acceptors (Lipinski definition) is 6. The Morgan fingerprint density at radius 1 is 1.24 bits per heavy atom. The minimum Gasteiger partial charge on any atom is -0.494 e. The summed E-state index contributed by atoms with van der Waals surface area (Å²) in [5, 5.41) is 9.12. The molecule has 1 amide bonds. The number of carbonyl (C=O) groups is 1. The number of methoxy groups -OCH3 is 1. The summed E-state index contributed by atoms with van der Waals surface area (Å²) >= 11 is 5.99. The zero-order chi connectivity index (χ0) is 18.0. The van der Waals surface area contributed by atoms with Gasteiger partial charge in [0.05, 0.1) is 30.9 Å². The van der Waals surface area contributed by atoms with Crippen LogP contribution in [-0.4, -0.2) is 45.0 Å². The molecule has 9 heteroatoms. The molecule has 0 bridgehead atoms. The van der Waals surface area contributed by atoms with E-state index in [1.807, 2.05) is 0 Å². The molecule has 0 aliphatic carbocycles. The van der Waals surface area contributed by atoms with Gasteiger partial charge in [-0.15, -0.1) is 5.10 Å². The quantitative estimate of drug-likeness (QED) is 0.711. The van der Waals surface area contributed by atoms with E-state index < -0.39 is 0 Å². The van der Waals surface area contributed by atoms with Gasteiger partial charge in [0.25, 0.3) is 5.91 Å². The molecule has 2 aromatic heterocycles. The molecule has 25 heavy (non-hydrogen) atoms. The van der Waals surface area contributed by atoms with Crippen molar-refractivity contribution in [3.05, 3.63) is 53.1 Å². The molecule has 3 rings (SSSR count). The van der Waals surface area contributed by atoms with Crippen LogP contribution in [0.2, 0.25) is 5.02 Å². The predicted octanol–water partition coefficient (Wildman–Crippen LogP) is 2.30. The third-order valence-corrected chi connectivity index (χ3v) is 3.71. The summed E-state index contributed by atoms with van der Waals surface area (Å²) in [6.07, 6.45) is 2.98. The molecule has 0 N–H and O–H groups in total. The SMILES string of the molecule is COc1cnc(N(C)C(=O)c2nn(-c3cccc(Cl)c3)nc2C)nc1. The van der Waals surface area contributed by atoms with Crippen LogP contribution in [0.5, 0.6) is 5.75 Å². The maximum absolute atomic E-state index is 12.7. The largest absolute Gasteiger partial charge is 0.494 e. The molecule has 0 aliphatic rings. The number of halogens is 1. The number of aryl methyl sites for hydroxylation is 1. The Morgan fingerprint density at radius 2 is 1.96 bits per heavy atom. The van der Waals surface area contributed by atoms with E-state index in [0.717, 1.165) is 0 Å². The third kappa shape index (κ3) is 3.43. The fraction of sp³-hybridized carbons (Fsp3) is 0.188. The zero-order valence-corrected chi connectivity index (χ0v) is 14.6. The van der Waals surface area contributed by atoms with Crippen molar-refractivity contribution in [3.63, 3.8) is 0 Å². The van der Waals surface area contributed by atoms with Crippen LogP contribution in [0, 0.1) is 6.92 Å². The lowest BCUT2D eigenvalue weighted by Gasteiger charge is -2.13. The topological polar surface area (TPSA) is 86.0 Å². The van der Waals surface area contributed by atoms with E-state index in [4.69, 9.17) is 16.3 Å². The normalized spacial score (nSPS) is 10.6. The van der Waals surface area contributed by atoms with E-state index in [-0.39, 0.29) is 17.5 Å². The Kier molecular flexibility index (Phi) is 4.62. The van der Waals surface area contributed by atoms with Crippen LogP contribution >= 0.6 is 11.6 Å². The average molecular weight is 359 g/mol. The first-order chi connectivity index (χ1) is 12.0. The smallest absolute Gasteiger partial charge is 0.282 e. The molecule has 1 aromatic carbocycles. The number of anilines is 1. The lowest BCUT2D eigenvalue weighted by atomic mass is 10.3. The van der Waals surface area contributed by atoms with Gasteiger partial charge < -0.3 is 4.74 Å². The van der Waals surface area contributed by atoms with E-state index >= 15 is 0 Å². The maximum Gasteiger partial charge on any atom is 0.282 e. The Morgan fingerprint density at radius 3 is 2.60 bits per heavy atom. The van der Waals surface area contributed by atoms with Gasteiger partial charge in [0, 0.05) is 12.1 Å². The number of hydrogen-bond donors (Lipinski definition) is 0. The van der Waals surface area contributed by atoms with Gasteiger partial charge in [0.1, 0.15) is 0 Å². The summed E-state index contributed by atoms with van der Waals surface area (Å²) in [6.45, 7) is 1.71. The van der Waals surface area contributed by atoms with Gasteiger partial charge in [-0.2, -0.15) is 9.90 Å². The fourth-order valence-electron chi connectivity index (χ4n) is 2.13. The van der Waals surface area contributed by atoms with Crippen molar-refractivity contribution >= 4 is 23.5 Å². The van der Waals surface area contributed by atoms with E-state index in [2.05, 4.69) is 20.2 Å². The van der Waals surface area contributed by atoms with Gasteiger partial charge in [-0.1, -0.05) is 17.7 Å². The molecule has 8 nitrogen and oxygen atoms in total. The first-order valence-electron chi connectivity index (χ1n) is 7.33. The zero-order valence-electron chi connectivity index (χ0n) is 13.8. The van der Waals surface area contributed by atoms with Gasteiger partial charge in [-0.05, 0) is 25.1 Å². The van der Waals surface area contributed by atoms with Crippen molar-refractivity contribution < 1.29 is 9.53 Å². The fourth-order valence-corrected chi connectivity index (χ4v) is 2.31. The minimum atomic E-state index is -0.365. The highest BCUT2D eigenvalue weighted by Gasteiger charge is 2.22. The lowest BCUT2D eigenvalue weighted by molar-refractivity contribution is 0.0985. The Hall–Kier alpha value is -3.00. The molecule has 0 fully saturated rings. The molecule has 128 valence electrons. The summed E-state index contributed by atoms with van der Waals surface area (Å²) in [6, 6.07) is 7.05. The highest BCUT2D eigenvalue weighted by atomic mass is 35.5. The number of ether oxygens (including phenoxy) is 1. The second-order valence-electron chi connectivity index (χ2n) is 5.19. The van der Waals surface area contributed by atoms with Gasteiger partial charge in [0.2, 0.25) is 5.95 Å². The number of nitrogens with zero attached hydrogens (tertiary/aromatic N) is 6. The number of aromatic nitrogens is 5. The van der Waals surface area contributed by atoms with Crippen LogP contribution in [-0.2, 0) is 0 Å². The number of rotatable bonds is 4. The molecule has 0 aliphatic heterocycles. The molecular weight excluding hydrogens is 344 g/mol. The van der Waals surface area contributed by atoms with Crippen molar-refractivity contribution in [2.45, 2.75) is 6.92 Å². The van der Waals surface area contributed by atoms with E-state index in [1.165, 1.54) is 29.2 Å². The van der Waals surface area contributed by atoms with Crippen LogP contribution in [0.25, 0.3) is 5.69 Å². The van der Waals surface area contributed by atoms with Crippen molar-refractivity contribution in [1.29, 1.82) is 0 Å². The summed E-state index contributed by atoms with van der Waals surface area (Å²) in [7, 11) is 3.09.